The number of benzene rings is 3. The van der Waals surface area contributed by atoms with Crippen LogP contribution < -0.4 is 14.8 Å². The minimum Gasteiger partial charge on any atom is -0.495 e. The van der Waals surface area contributed by atoms with Crippen molar-refractivity contribution < 1.29 is 18.7 Å². The van der Waals surface area contributed by atoms with E-state index in [0.717, 1.165) is 16.2 Å². The fourth-order valence-electron chi connectivity index (χ4n) is 3.05. The average Bonchev–Trinajstić information content (AvgIpc) is 3.14. The van der Waals surface area contributed by atoms with Crippen LogP contribution in [0.2, 0.25) is 5.02 Å². The normalized spacial score (nSPS) is 10.9. The predicted molar refractivity (Wildman–Crippen MR) is 106 cm³/mol. The highest BCUT2D eigenvalue weighted by molar-refractivity contribution is 6.32. The van der Waals surface area contributed by atoms with E-state index in [1.807, 2.05) is 36.4 Å². The SMILES string of the molecule is COc1cc(NC(=O)c2cc3c(ccc4ccccc43)o2)c(OC)cc1Cl. The van der Waals surface area contributed by atoms with Gasteiger partial charge in [-0.3, -0.25) is 4.79 Å². The molecule has 0 aliphatic carbocycles. The van der Waals surface area contributed by atoms with Gasteiger partial charge in [-0.1, -0.05) is 41.9 Å². The molecule has 1 N–H and O–H groups in total. The fourth-order valence-corrected chi connectivity index (χ4v) is 3.28. The number of nitrogens with one attached hydrogen (secondary N) is 1. The lowest BCUT2D eigenvalue weighted by atomic mass is 10.1. The Bertz CT molecular complexity index is 1170. The molecule has 0 bridgehead atoms. The van der Waals surface area contributed by atoms with E-state index in [1.165, 1.54) is 14.2 Å². The van der Waals surface area contributed by atoms with E-state index >= 15 is 0 Å². The quantitative estimate of drug-likeness (QED) is 0.506. The van der Waals surface area contributed by atoms with Crippen molar-refractivity contribution in [3.05, 3.63) is 65.4 Å². The maximum atomic E-state index is 12.7. The summed E-state index contributed by atoms with van der Waals surface area (Å²) >= 11 is 6.11. The van der Waals surface area contributed by atoms with Gasteiger partial charge in [0.1, 0.15) is 17.1 Å². The number of carbonyl (C=O) groups excluding carboxylic acids is 1. The van der Waals surface area contributed by atoms with Gasteiger partial charge in [0, 0.05) is 17.5 Å². The lowest BCUT2D eigenvalue weighted by Crippen LogP contribution is -2.12. The number of halogens is 1. The molecule has 1 aromatic heterocycles. The van der Waals surface area contributed by atoms with Crippen LogP contribution in [-0.2, 0) is 0 Å². The van der Waals surface area contributed by atoms with Crippen molar-refractivity contribution in [1.29, 1.82) is 0 Å². The third kappa shape index (κ3) is 3.06. The molecule has 5 nitrogen and oxygen atoms in total. The summed E-state index contributed by atoms with van der Waals surface area (Å²) in [6, 6.07) is 16.7. The summed E-state index contributed by atoms with van der Waals surface area (Å²) in [5.41, 5.74) is 1.09. The van der Waals surface area contributed by atoms with Gasteiger partial charge in [-0.15, -0.1) is 0 Å². The first-order valence-electron chi connectivity index (χ1n) is 8.25. The van der Waals surface area contributed by atoms with Gasteiger partial charge in [-0.05, 0) is 22.9 Å². The summed E-state index contributed by atoms with van der Waals surface area (Å²) in [6.45, 7) is 0. The van der Waals surface area contributed by atoms with Gasteiger partial charge in [0.05, 0.1) is 24.9 Å². The van der Waals surface area contributed by atoms with E-state index < -0.39 is 5.91 Å². The third-order valence-electron chi connectivity index (χ3n) is 4.37. The van der Waals surface area contributed by atoms with Crippen LogP contribution in [0.5, 0.6) is 11.5 Å². The Kier molecular flexibility index (Phi) is 4.38. The second-order valence-electron chi connectivity index (χ2n) is 5.95. The van der Waals surface area contributed by atoms with E-state index in [4.69, 9.17) is 25.5 Å². The van der Waals surface area contributed by atoms with Gasteiger partial charge in [-0.25, -0.2) is 0 Å². The maximum Gasteiger partial charge on any atom is 0.291 e. The topological polar surface area (TPSA) is 60.7 Å². The molecule has 4 aromatic rings. The molecule has 0 unspecified atom stereocenters. The van der Waals surface area contributed by atoms with E-state index in [2.05, 4.69) is 5.32 Å². The van der Waals surface area contributed by atoms with Crippen molar-refractivity contribution in [1.82, 2.24) is 0 Å². The van der Waals surface area contributed by atoms with Crippen molar-refractivity contribution in [3.63, 3.8) is 0 Å². The Labute approximate surface area is 160 Å². The predicted octanol–water partition coefficient (Wildman–Crippen LogP) is 5.51. The molecule has 1 amide bonds. The molecular formula is C21H16ClNO4. The summed E-state index contributed by atoms with van der Waals surface area (Å²) in [6.07, 6.45) is 0. The summed E-state index contributed by atoms with van der Waals surface area (Å²) in [5, 5.41) is 6.19. The molecule has 0 atom stereocenters. The molecule has 1 heterocycles. The number of furan rings is 1. The lowest BCUT2D eigenvalue weighted by Gasteiger charge is -2.12. The lowest BCUT2D eigenvalue weighted by molar-refractivity contribution is 0.0998. The largest absolute Gasteiger partial charge is 0.495 e. The van der Waals surface area contributed by atoms with Crippen LogP contribution in [0.1, 0.15) is 10.6 Å². The van der Waals surface area contributed by atoms with Crippen LogP contribution in [0.4, 0.5) is 5.69 Å². The highest BCUT2D eigenvalue weighted by Crippen LogP contribution is 2.36. The fraction of sp³-hybridized carbons (Fsp3) is 0.0952. The summed E-state index contributed by atoms with van der Waals surface area (Å²) < 4.78 is 16.3. The van der Waals surface area contributed by atoms with Crippen molar-refractivity contribution in [3.8, 4) is 11.5 Å². The van der Waals surface area contributed by atoms with E-state index in [0.29, 0.717) is 27.8 Å². The first-order valence-corrected chi connectivity index (χ1v) is 8.62. The molecule has 27 heavy (non-hydrogen) atoms. The summed E-state index contributed by atoms with van der Waals surface area (Å²) in [5.74, 6) is 0.675. The van der Waals surface area contributed by atoms with Crippen LogP contribution in [0.25, 0.3) is 21.7 Å². The van der Waals surface area contributed by atoms with Crippen molar-refractivity contribution >= 4 is 44.9 Å². The number of hydrogen-bond acceptors (Lipinski definition) is 4. The number of carbonyl (C=O) groups is 1. The second kappa shape index (κ2) is 6.85. The van der Waals surface area contributed by atoms with Crippen molar-refractivity contribution in [2.24, 2.45) is 0 Å². The van der Waals surface area contributed by atoms with Crippen LogP contribution in [0, 0.1) is 0 Å². The Morgan fingerprint density at radius 2 is 1.74 bits per heavy atom. The number of ether oxygens (including phenoxy) is 2. The minimum absolute atomic E-state index is 0.206. The number of amides is 1. The summed E-state index contributed by atoms with van der Waals surface area (Å²) in [7, 11) is 3.00. The Balaban J connectivity index is 1.72. The van der Waals surface area contributed by atoms with Crippen LogP contribution in [0.3, 0.4) is 0 Å². The van der Waals surface area contributed by atoms with Gasteiger partial charge in [0.2, 0.25) is 0 Å². The Hall–Kier alpha value is -3.18. The van der Waals surface area contributed by atoms with Gasteiger partial charge in [-0.2, -0.15) is 0 Å². The number of fused-ring (bicyclic) bond motifs is 3. The highest BCUT2D eigenvalue weighted by atomic mass is 35.5. The smallest absolute Gasteiger partial charge is 0.291 e. The maximum absolute atomic E-state index is 12.7. The monoisotopic (exact) mass is 381 g/mol. The molecule has 3 aromatic carbocycles. The molecule has 0 saturated carbocycles. The zero-order chi connectivity index (χ0) is 19.0. The molecule has 4 rings (SSSR count). The van der Waals surface area contributed by atoms with Crippen molar-refractivity contribution in [2.45, 2.75) is 0 Å². The Morgan fingerprint density at radius 1 is 0.963 bits per heavy atom. The molecule has 0 fully saturated rings. The van der Waals surface area contributed by atoms with E-state index in [-0.39, 0.29) is 5.76 Å². The molecule has 0 aliphatic rings. The first kappa shape index (κ1) is 17.2. The van der Waals surface area contributed by atoms with Gasteiger partial charge in [0.25, 0.3) is 5.91 Å². The average molecular weight is 382 g/mol. The molecule has 0 spiro atoms. The number of hydrogen-bond donors (Lipinski definition) is 1. The minimum atomic E-state index is -0.391. The van der Waals surface area contributed by atoms with E-state index in [1.54, 1.807) is 18.2 Å². The third-order valence-corrected chi connectivity index (χ3v) is 4.67. The van der Waals surface area contributed by atoms with E-state index in [9.17, 15) is 4.79 Å². The van der Waals surface area contributed by atoms with Crippen LogP contribution >= 0.6 is 11.6 Å². The molecule has 0 saturated heterocycles. The van der Waals surface area contributed by atoms with Gasteiger partial charge >= 0.3 is 0 Å². The van der Waals surface area contributed by atoms with Gasteiger partial charge in [0.15, 0.2) is 5.76 Å². The standard InChI is InChI=1S/C21H16ClNO4/c1-25-18-11-16(19(26-2)10-15(18)22)23-21(24)20-9-14-13-6-4-3-5-12(13)7-8-17(14)27-20/h3-11H,1-2H3,(H,23,24). The molecule has 136 valence electrons. The zero-order valence-electron chi connectivity index (χ0n) is 14.7. The van der Waals surface area contributed by atoms with Gasteiger partial charge < -0.3 is 19.2 Å². The Morgan fingerprint density at radius 3 is 2.52 bits per heavy atom. The van der Waals surface area contributed by atoms with Crippen LogP contribution in [-0.4, -0.2) is 20.1 Å². The number of rotatable bonds is 4. The number of anilines is 1. The molecular weight excluding hydrogens is 366 g/mol. The second-order valence-corrected chi connectivity index (χ2v) is 6.36. The highest BCUT2D eigenvalue weighted by Gasteiger charge is 2.17. The molecule has 0 radical (unpaired) electrons. The number of methoxy groups -OCH3 is 2. The zero-order valence-corrected chi connectivity index (χ0v) is 15.5. The first-order chi connectivity index (χ1) is 13.1. The van der Waals surface area contributed by atoms with Crippen molar-refractivity contribution in [2.75, 3.05) is 19.5 Å². The van der Waals surface area contributed by atoms with Crippen LogP contribution in [0.15, 0.2) is 59.0 Å². The molecule has 0 aliphatic heterocycles. The molecule has 6 heteroatoms. The summed E-state index contributed by atoms with van der Waals surface area (Å²) in [4.78, 5) is 12.7.